The number of halogens is 1. The number of aromatic hydroxyl groups is 1. The lowest BCUT2D eigenvalue weighted by atomic mass is 9.83. The van der Waals surface area contributed by atoms with Crippen LogP contribution in [0.1, 0.15) is 128 Å². The number of methoxy groups -OCH3 is 2. The van der Waals surface area contributed by atoms with E-state index >= 15 is 14.4 Å². The van der Waals surface area contributed by atoms with Crippen LogP contribution in [0.2, 0.25) is 5.02 Å². The van der Waals surface area contributed by atoms with Crippen molar-refractivity contribution < 1.29 is 91.7 Å². The van der Waals surface area contributed by atoms with Crippen LogP contribution in [-0.4, -0.2) is 251 Å². The Bertz CT molecular complexity index is 4500. The minimum absolute atomic E-state index is 0.0225. The van der Waals surface area contributed by atoms with Crippen molar-refractivity contribution in [1.82, 2.24) is 51.6 Å². The first-order valence-corrected chi connectivity index (χ1v) is 43.1. The number of nitrogens with two attached hydrogens (primary N) is 1. The number of amides is 10. The van der Waals surface area contributed by atoms with Gasteiger partial charge in [-0.1, -0.05) is 114 Å². The van der Waals surface area contributed by atoms with Crippen molar-refractivity contribution in [2.75, 3.05) is 71.4 Å². The zero-order valence-corrected chi connectivity index (χ0v) is 71.6. The zero-order chi connectivity index (χ0) is 86.6. The number of hydrogen-bond acceptors (Lipinski definition) is 22. The molecule has 9 rings (SSSR count). The van der Waals surface area contributed by atoms with Gasteiger partial charge < -0.3 is 95.9 Å². The third kappa shape index (κ3) is 24.5. The molecule has 0 radical (unpaired) electrons. The molecule has 1 aromatic heterocycles. The number of rotatable bonds is 29. The lowest BCUT2D eigenvalue weighted by molar-refractivity contribution is -0.162. The number of anilines is 1. The smallest absolute Gasteiger partial charge is 0.409 e. The molecule has 4 aromatic carbocycles. The molecular formula is C85H113ClN12O19S2. The number of unbranched alkanes of at least 4 members (excludes halogenated alkanes) is 2. The van der Waals surface area contributed by atoms with Gasteiger partial charge in [0.05, 0.1) is 31.4 Å². The number of nitrogens with one attached hydrogen (secondary N) is 7. The van der Waals surface area contributed by atoms with Gasteiger partial charge in [-0.15, -0.1) is 5.73 Å². The van der Waals surface area contributed by atoms with E-state index in [1.807, 2.05) is 38.1 Å². The summed E-state index contributed by atoms with van der Waals surface area (Å²) < 4.78 is 29.7. The van der Waals surface area contributed by atoms with Crippen LogP contribution in [-0.2, 0) is 92.6 Å². The number of para-hydroxylation sites is 1. The van der Waals surface area contributed by atoms with Crippen LogP contribution in [0.5, 0.6) is 11.5 Å². The van der Waals surface area contributed by atoms with Crippen LogP contribution in [0, 0.1) is 5.92 Å². The molecule has 4 aliphatic heterocycles. The number of alkyl carbamates (subject to hydrolysis) is 1. The van der Waals surface area contributed by atoms with E-state index in [1.54, 1.807) is 79.5 Å². The van der Waals surface area contributed by atoms with Gasteiger partial charge in [-0.05, 0) is 131 Å². The number of H-pyrrole nitrogens is 1. The number of carbonyl (C=O) groups excluding carboxylic acids is 11. The lowest BCUT2D eigenvalue weighted by Crippen LogP contribution is -2.63. The molecule has 0 aliphatic carbocycles. The number of likely N-dealkylation sites (N-methyl/N-ethyl adjacent to an activating group) is 2. The van der Waals surface area contributed by atoms with Crippen LogP contribution in [0.4, 0.5) is 10.5 Å². The molecule has 3 fully saturated rings. The third-order valence-corrected chi connectivity index (χ3v) is 25.2. The first kappa shape index (κ1) is 93.2. The molecule has 34 heteroatoms. The average molecular weight is 1710 g/mol. The number of aliphatic hydroxyl groups excluding tert-OH is 1. The largest absolute Gasteiger partial charge is 0.508 e. The number of hydrogen-bond donors (Lipinski definition) is 11. The second kappa shape index (κ2) is 43.0. The summed E-state index contributed by atoms with van der Waals surface area (Å²) >= 11 is 6.89. The molecular weight excluding hydrogens is 1590 g/mol. The molecule has 31 nitrogen and oxygen atoms in total. The first-order valence-electron chi connectivity index (χ1n) is 40.2. The molecule has 5 aromatic rings. The number of aliphatic hydroxyl groups is 2. The van der Waals surface area contributed by atoms with Gasteiger partial charge in [0.25, 0.3) is 0 Å². The Morgan fingerprint density at radius 1 is 0.782 bits per heavy atom. The van der Waals surface area contributed by atoms with Crippen molar-refractivity contribution in [2.24, 2.45) is 11.7 Å². The predicted octanol–water partition coefficient (Wildman–Crippen LogP) is 5.98. The number of phenolic OH excluding ortho intramolecular Hbond substituents is 1. The molecule has 3 saturated heterocycles. The minimum atomic E-state index is -1.96. The summed E-state index contributed by atoms with van der Waals surface area (Å²) in [6, 6.07) is 15.2. The number of ether oxygens (including phenoxy) is 5. The maximum absolute atomic E-state index is 15.5. The molecule has 4 aliphatic rings. The van der Waals surface area contributed by atoms with E-state index < -0.39 is 156 Å². The predicted molar refractivity (Wildman–Crippen MR) is 450 cm³/mol. The summed E-state index contributed by atoms with van der Waals surface area (Å²) in [5.41, 5.74) is 9.80. The molecule has 5 heterocycles. The Morgan fingerprint density at radius 3 is 2.12 bits per heavy atom. The van der Waals surface area contributed by atoms with E-state index in [1.165, 1.54) is 98.8 Å². The van der Waals surface area contributed by atoms with Gasteiger partial charge in [-0.3, -0.25) is 48.5 Å². The molecule has 15 atom stereocenters. The first-order chi connectivity index (χ1) is 56.7. The quantitative estimate of drug-likeness (QED) is 0.00861. The minimum Gasteiger partial charge on any atom is -0.508 e. The monoisotopic (exact) mass is 1700 g/mol. The van der Waals surface area contributed by atoms with E-state index in [9.17, 15) is 53.7 Å². The normalized spacial score (nSPS) is 25.4. The number of fused-ring (bicyclic) bond motifs is 6. The number of phenols is 1. The fraction of sp³-hybridized carbons (Fsp3) is 0.529. The molecule has 10 amide bonds. The van der Waals surface area contributed by atoms with Crippen LogP contribution in [0.3, 0.4) is 0 Å². The van der Waals surface area contributed by atoms with Gasteiger partial charge in [0.15, 0.2) is 5.72 Å². The summed E-state index contributed by atoms with van der Waals surface area (Å²) in [5.74, 6) is -7.14. The molecule has 12 N–H and O–H groups in total. The maximum Gasteiger partial charge on any atom is 0.409 e. The fourth-order valence-electron chi connectivity index (χ4n) is 15.0. The number of carbonyl (C=O) groups is 11. The number of aromatic nitrogens is 1. The Hall–Kier alpha value is -9.70. The van der Waals surface area contributed by atoms with Crippen molar-refractivity contribution >= 4 is 115 Å². The van der Waals surface area contributed by atoms with E-state index in [2.05, 4.69) is 42.6 Å². The van der Waals surface area contributed by atoms with E-state index in [0.717, 1.165) is 15.8 Å². The number of aromatic amines is 1. The summed E-state index contributed by atoms with van der Waals surface area (Å²) in [6.45, 7) is 10.7. The lowest BCUT2D eigenvalue weighted by Gasteiger charge is -2.41. The van der Waals surface area contributed by atoms with Gasteiger partial charge >= 0.3 is 12.1 Å². The Morgan fingerprint density at radius 2 is 1.43 bits per heavy atom. The van der Waals surface area contributed by atoms with Gasteiger partial charge in [0.1, 0.15) is 82.7 Å². The molecule has 4 bridgehead atoms. The molecule has 119 heavy (non-hydrogen) atoms. The topological polar surface area (TPSA) is 425 Å². The van der Waals surface area contributed by atoms with Crippen LogP contribution in [0.25, 0.3) is 10.9 Å². The SMILES string of the molecule is CCCCN(CCSSCCC(=O)N(C)[C@@H](C)C(=O)O[C@H]1CC(=O)N(C)c2cc(cc(OC)c2Cl)CC(C)=C=C[C@@H](OC)[C@@]2(O)C[C@H](OC(=O)N2)[C@@H](C)[C@@H]2O[C@@]12C)C(=O)CC[C@H]1C(=O)N[C@@H](Cc2ccc(O)cc2)C(=O)N[C@H](Cc2c[nH]c3ccccc23)C(=O)N[C@@H](CCCCN)C(=O)N[C@@H]([C@@H](C)O)C(=O)N[C@@H](Cc2ccccc2)C(=O)N1C. The van der Waals surface area contributed by atoms with Crippen LogP contribution < -0.4 is 47.3 Å². The van der Waals surface area contributed by atoms with Crippen molar-refractivity contribution in [2.45, 2.75) is 216 Å². The second-order valence-electron chi connectivity index (χ2n) is 31.1. The van der Waals surface area contributed by atoms with Crippen LogP contribution >= 0.6 is 33.2 Å². The van der Waals surface area contributed by atoms with Crippen molar-refractivity contribution in [3.05, 3.63) is 142 Å². The number of benzene rings is 4. The Labute approximate surface area is 706 Å². The highest BCUT2D eigenvalue weighted by Gasteiger charge is 2.65. The number of epoxide rings is 1. The van der Waals surface area contributed by atoms with Gasteiger partial charge in [-0.2, -0.15) is 0 Å². The molecule has 0 saturated carbocycles. The third-order valence-electron chi connectivity index (χ3n) is 22.4. The molecule has 0 spiro atoms. The fourth-order valence-corrected chi connectivity index (χ4v) is 17.3. The standard InChI is InChI=1S/C85H113ClN12O19S2/c1-12-13-36-98(37-39-119-118-38-34-70(101)95(7)51(4)82(110)116-69-46-72(103)96(8)65-43-55(44-66(113-10)73(65)86)40-49(2)26-32-68(114-11)85(112)47-67(115-83(111)94-85)50(3)75-84(69,6)117-75)71(102)33-31-64-79(107)91-61(41-54-27-29-57(100)30-28-54)77(105)90-62(45-56-48-88-59-24-18-17-23-58(56)59)78(106)89-60(25-19-20-35-87)76(104)93-74(52(5)99)80(108)92-63(81(109)97(64)9)42-53-21-15-14-16-22-53/h14-18,21-24,27-30,32,43-44,48,50-52,60-64,67-69,74-75,88,99-100,112H,12-13,19-20,25,31,33-42,45-47,87H2,1-11H3,(H,89,106)(H,90,105)(H,91,107)(H,92,108)(H,93,104)(H,94,111)/t26?,50-,51+,52-,60+,61+,62-,63+,64+,67+,68-,69+,74+,75+,84+,85+/m1/s1. The van der Waals surface area contributed by atoms with Crippen molar-refractivity contribution in [3.63, 3.8) is 0 Å². The Balaban J connectivity index is 0.906. The second-order valence-corrected chi connectivity index (χ2v) is 34.2. The highest BCUT2D eigenvalue weighted by Crippen LogP contribution is 2.49. The van der Waals surface area contributed by atoms with Gasteiger partial charge in [0.2, 0.25) is 53.2 Å². The van der Waals surface area contributed by atoms with E-state index in [0.29, 0.717) is 77.9 Å². The number of esters is 1. The average Bonchev–Trinajstić information content (AvgIpc) is 1.57. The van der Waals surface area contributed by atoms with Crippen molar-refractivity contribution in [1.29, 1.82) is 0 Å². The summed E-state index contributed by atoms with van der Waals surface area (Å²) in [7, 11) is 9.91. The molecule has 646 valence electrons. The van der Waals surface area contributed by atoms with E-state index in [-0.39, 0.29) is 92.6 Å². The summed E-state index contributed by atoms with van der Waals surface area (Å²) in [4.78, 5) is 170. The highest BCUT2D eigenvalue weighted by molar-refractivity contribution is 8.76. The van der Waals surface area contributed by atoms with Gasteiger partial charge in [0, 0.05) is 121 Å². The van der Waals surface area contributed by atoms with Gasteiger partial charge in [-0.25, -0.2) is 9.59 Å². The summed E-state index contributed by atoms with van der Waals surface area (Å²) in [6.07, 6.45) is -2.73. The molecule has 0 unspecified atom stereocenters. The van der Waals surface area contributed by atoms with Crippen LogP contribution in [0.15, 0.2) is 115 Å². The number of nitrogens with zero attached hydrogens (tertiary/aromatic N) is 4. The Kier molecular flexibility index (Phi) is 33.7. The van der Waals surface area contributed by atoms with E-state index in [4.69, 9.17) is 41.0 Å². The van der Waals surface area contributed by atoms with Crippen molar-refractivity contribution in [3.8, 4) is 11.5 Å². The summed E-state index contributed by atoms with van der Waals surface area (Å²) in [5, 5.41) is 50.9. The highest BCUT2D eigenvalue weighted by atomic mass is 35.5. The maximum atomic E-state index is 15.5. The zero-order valence-electron chi connectivity index (χ0n) is 69.2.